The van der Waals surface area contributed by atoms with E-state index in [-0.39, 0.29) is 17.6 Å². The summed E-state index contributed by atoms with van der Waals surface area (Å²) in [6, 6.07) is 12.0. The van der Waals surface area contributed by atoms with Crippen LogP contribution in [0.4, 0.5) is 23.7 Å². The van der Waals surface area contributed by atoms with Gasteiger partial charge in [0.05, 0.1) is 31.9 Å². The van der Waals surface area contributed by atoms with Crippen LogP contribution in [0, 0.1) is 0 Å². The van der Waals surface area contributed by atoms with Crippen LogP contribution in [0.5, 0.6) is 5.75 Å². The number of carbonyl (C=O) groups excluding carboxylic acids is 1. The Hall–Kier alpha value is -2.74. The molecule has 31 heavy (non-hydrogen) atoms. The van der Waals surface area contributed by atoms with E-state index in [4.69, 9.17) is 9.47 Å². The molecule has 1 aliphatic heterocycles. The summed E-state index contributed by atoms with van der Waals surface area (Å²) in [4.78, 5) is 14.5. The van der Waals surface area contributed by atoms with Crippen LogP contribution in [0.1, 0.15) is 36.8 Å². The number of carbonyl (C=O) groups is 1. The van der Waals surface area contributed by atoms with Gasteiger partial charge in [0, 0.05) is 12.2 Å². The second-order valence-electron chi connectivity index (χ2n) is 7.69. The first-order valence-electron chi connectivity index (χ1n) is 10.2. The Labute approximate surface area is 180 Å². The highest BCUT2D eigenvalue weighted by molar-refractivity contribution is 5.89. The molecule has 1 aliphatic rings. The minimum atomic E-state index is -4.46. The Morgan fingerprint density at radius 2 is 2.03 bits per heavy atom. The van der Waals surface area contributed by atoms with Gasteiger partial charge in [0.1, 0.15) is 5.75 Å². The van der Waals surface area contributed by atoms with Crippen LogP contribution in [0.15, 0.2) is 48.5 Å². The molecule has 8 heteroatoms. The van der Waals surface area contributed by atoms with E-state index in [0.717, 1.165) is 29.9 Å². The Morgan fingerprint density at radius 1 is 1.26 bits per heavy atom. The third kappa shape index (κ3) is 6.13. The van der Waals surface area contributed by atoms with Gasteiger partial charge in [-0.3, -0.25) is 0 Å². The number of nitrogens with zero attached hydrogens (tertiary/aromatic N) is 1. The van der Waals surface area contributed by atoms with E-state index >= 15 is 0 Å². The van der Waals surface area contributed by atoms with Crippen LogP contribution in [0.25, 0.3) is 0 Å². The minimum absolute atomic E-state index is 0.120. The minimum Gasteiger partial charge on any atom is -0.497 e. The average molecular weight is 436 g/mol. The summed E-state index contributed by atoms with van der Waals surface area (Å²) >= 11 is 0. The third-order valence-electron chi connectivity index (χ3n) is 5.53. The summed E-state index contributed by atoms with van der Waals surface area (Å²) in [6.07, 6.45) is -2.92. The van der Waals surface area contributed by atoms with Gasteiger partial charge in [-0.1, -0.05) is 25.1 Å². The highest BCUT2D eigenvalue weighted by atomic mass is 19.4. The van der Waals surface area contributed by atoms with Gasteiger partial charge in [-0.2, -0.15) is 13.2 Å². The van der Waals surface area contributed by atoms with Gasteiger partial charge in [-0.25, -0.2) is 4.79 Å². The number of alkyl halides is 3. The summed E-state index contributed by atoms with van der Waals surface area (Å²) in [6.45, 7) is 3.31. The quantitative estimate of drug-likeness (QED) is 0.648. The molecule has 0 spiro atoms. The van der Waals surface area contributed by atoms with Crippen LogP contribution in [-0.4, -0.2) is 43.8 Å². The molecule has 1 fully saturated rings. The molecule has 0 aromatic heterocycles. The number of halogens is 3. The molecule has 3 rings (SSSR count). The predicted molar refractivity (Wildman–Crippen MR) is 112 cm³/mol. The fourth-order valence-electron chi connectivity index (χ4n) is 3.69. The Morgan fingerprint density at radius 3 is 2.77 bits per heavy atom. The number of amides is 2. The van der Waals surface area contributed by atoms with Gasteiger partial charge < -0.3 is 19.7 Å². The van der Waals surface area contributed by atoms with Gasteiger partial charge in [-0.15, -0.1) is 0 Å². The summed E-state index contributed by atoms with van der Waals surface area (Å²) in [5, 5.41) is 2.60. The van der Waals surface area contributed by atoms with Crippen LogP contribution >= 0.6 is 0 Å². The molecule has 0 saturated carbocycles. The van der Waals surface area contributed by atoms with Crippen LogP contribution in [-0.2, 0) is 10.9 Å². The topological polar surface area (TPSA) is 50.8 Å². The lowest BCUT2D eigenvalue weighted by atomic mass is 9.93. The molecule has 5 nitrogen and oxygen atoms in total. The van der Waals surface area contributed by atoms with E-state index < -0.39 is 17.8 Å². The fraction of sp³-hybridized carbons (Fsp3) is 0.435. The first-order chi connectivity index (χ1) is 14.8. The molecular formula is C23H27F3N2O3. The second kappa shape index (κ2) is 10.0. The molecule has 1 unspecified atom stereocenters. The lowest BCUT2D eigenvalue weighted by Gasteiger charge is -2.36. The van der Waals surface area contributed by atoms with Crippen molar-refractivity contribution in [2.24, 2.45) is 0 Å². The molecule has 2 atom stereocenters. The average Bonchev–Trinajstić information content (AvgIpc) is 2.77. The number of hydrogen-bond donors (Lipinski definition) is 1. The van der Waals surface area contributed by atoms with Gasteiger partial charge in [0.15, 0.2) is 0 Å². The largest absolute Gasteiger partial charge is 0.497 e. The Bertz CT molecular complexity index is 888. The van der Waals surface area contributed by atoms with Crippen molar-refractivity contribution in [2.75, 3.05) is 32.2 Å². The molecule has 0 radical (unpaired) electrons. The molecule has 1 N–H and O–H groups in total. The van der Waals surface area contributed by atoms with Crippen LogP contribution in [0.3, 0.4) is 0 Å². The summed E-state index contributed by atoms with van der Waals surface area (Å²) < 4.78 is 49.7. The van der Waals surface area contributed by atoms with Gasteiger partial charge >= 0.3 is 12.2 Å². The fourth-order valence-corrected chi connectivity index (χ4v) is 3.69. The third-order valence-corrected chi connectivity index (χ3v) is 5.53. The van der Waals surface area contributed by atoms with Crippen molar-refractivity contribution >= 4 is 11.7 Å². The number of benzene rings is 2. The zero-order valence-corrected chi connectivity index (χ0v) is 17.6. The summed E-state index contributed by atoms with van der Waals surface area (Å²) in [7, 11) is 1.63. The highest BCUT2D eigenvalue weighted by Crippen LogP contribution is 2.31. The van der Waals surface area contributed by atoms with Crippen molar-refractivity contribution in [2.45, 2.75) is 37.9 Å². The standard InChI is InChI=1S/C23H27F3N2O3/c1-16(17-5-3-8-21(13-17)30-2)9-10-20-15-31-12-11-28(20)22(29)27-19-7-4-6-18(14-19)23(24,25)26/h3-8,13-14,16,20H,9-12,15H2,1-2H3,(H,27,29)/t16-,20?/m0/s1. The van der Waals surface area contributed by atoms with Crippen LogP contribution < -0.4 is 10.1 Å². The van der Waals surface area contributed by atoms with Crippen LogP contribution in [0.2, 0.25) is 0 Å². The molecule has 2 aromatic carbocycles. The first-order valence-corrected chi connectivity index (χ1v) is 10.2. The molecular weight excluding hydrogens is 409 g/mol. The summed E-state index contributed by atoms with van der Waals surface area (Å²) in [5.41, 5.74) is 0.474. The number of hydrogen-bond acceptors (Lipinski definition) is 3. The van der Waals surface area contributed by atoms with Crippen molar-refractivity contribution in [1.29, 1.82) is 0 Å². The van der Waals surface area contributed by atoms with Crippen molar-refractivity contribution in [1.82, 2.24) is 4.90 Å². The molecule has 1 saturated heterocycles. The number of ether oxygens (including phenoxy) is 2. The molecule has 0 bridgehead atoms. The van der Waals surface area contributed by atoms with Gasteiger partial charge in [-0.05, 0) is 54.7 Å². The summed E-state index contributed by atoms with van der Waals surface area (Å²) in [5.74, 6) is 1.05. The van der Waals surface area contributed by atoms with Gasteiger partial charge in [0.2, 0.25) is 0 Å². The van der Waals surface area contributed by atoms with E-state index in [1.165, 1.54) is 12.1 Å². The van der Waals surface area contributed by atoms with Crippen molar-refractivity contribution in [3.05, 3.63) is 59.7 Å². The van der Waals surface area contributed by atoms with Crippen molar-refractivity contribution < 1.29 is 27.4 Å². The lowest BCUT2D eigenvalue weighted by Crippen LogP contribution is -2.50. The van der Waals surface area contributed by atoms with E-state index in [1.807, 2.05) is 24.3 Å². The second-order valence-corrected chi connectivity index (χ2v) is 7.69. The maximum absolute atomic E-state index is 12.9. The van der Waals surface area contributed by atoms with Gasteiger partial charge in [0.25, 0.3) is 0 Å². The highest BCUT2D eigenvalue weighted by Gasteiger charge is 2.31. The maximum Gasteiger partial charge on any atom is 0.416 e. The lowest BCUT2D eigenvalue weighted by molar-refractivity contribution is -0.137. The molecule has 2 amide bonds. The van der Waals surface area contributed by atoms with E-state index in [9.17, 15) is 18.0 Å². The number of rotatable bonds is 6. The predicted octanol–water partition coefficient (Wildman–Crippen LogP) is 5.53. The SMILES string of the molecule is COc1cccc([C@@H](C)CCC2COCCN2C(=O)Nc2cccc(C(F)(F)F)c2)c1. The van der Waals surface area contributed by atoms with E-state index in [2.05, 4.69) is 12.2 Å². The maximum atomic E-state index is 12.9. The monoisotopic (exact) mass is 436 g/mol. The Kier molecular flexibility index (Phi) is 7.43. The zero-order chi connectivity index (χ0) is 22.4. The van der Waals surface area contributed by atoms with E-state index in [1.54, 1.807) is 12.0 Å². The number of methoxy groups -OCH3 is 1. The zero-order valence-electron chi connectivity index (χ0n) is 17.6. The Balaban J connectivity index is 1.62. The van der Waals surface area contributed by atoms with E-state index in [0.29, 0.717) is 26.2 Å². The number of nitrogens with one attached hydrogen (secondary N) is 1. The smallest absolute Gasteiger partial charge is 0.416 e. The number of urea groups is 1. The molecule has 168 valence electrons. The van der Waals surface area contributed by atoms with Crippen molar-refractivity contribution in [3.8, 4) is 5.75 Å². The number of anilines is 1. The molecule has 1 heterocycles. The molecule has 2 aromatic rings. The first kappa shape index (κ1) is 22.9. The van der Waals surface area contributed by atoms with Crippen molar-refractivity contribution in [3.63, 3.8) is 0 Å². The number of morpholine rings is 1. The molecule has 0 aliphatic carbocycles. The normalized spacial score (nSPS) is 17.8.